The number of rotatable bonds is 5. The third-order valence-electron chi connectivity index (χ3n) is 1.47. The summed E-state index contributed by atoms with van der Waals surface area (Å²) in [6, 6.07) is -0.338. The zero-order valence-corrected chi connectivity index (χ0v) is 7.97. The highest BCUT2D eigenvalue weighted by Crippen LogP contribution is 2.11. The molecule has 0 saturated carbocycles. The van der Waals surface area contributed by atoms with Crippen LogP contribution >= 0.6 is 11.8 Å². The zero-order chi connectivity index (χ0) is 9.68. The Kier molecular flexibility index (Phi) is 3.71. The summed E-state index contributed by atoms with van der Waals surface area (Å²) in [5.74, 6) is 0.176. The Hall–Kier alpha value is -1.08. The molecule has 0 bridgehead atoms. The average molecular weight is 201 g/mol. The van der Waals surface area contributed by atoms with E-state index in [4.69, 9.17) is 5.73 Å². The van der Waals surface area contributed by atoms with Crippen LogP contribution in [-0.2, 0) is 4.79 Å². The lowest BCUT2D eigenvalue weighted by molar-refractivity contribution is -0.119. The largest absolute Gasteiger partial charge is 0.368 e. The molecule has 1 aromatic heterocycles. The summed E-state index contributed by atoms with van der Waals surface area (Å²) in [5.41, 5.74) is 5.13. The predicted octanol–water partition coefficient (Wildman–Crippen LogP) is -1.03. The molecule has 7 heteroatoms. The first kappa shape index (κ1) is 10.0. The molecule has 0 fully saturated rings. The molecule has 1 rings (SSSR count). The van der Waals surface area contributed by atoms with Gasteiger partial charge in [-0.1, -0.05) is 11.8 Å². The topological polar surface area (TPSA) is 96.7 Å². The van der Waals surface area contributed by atoms with Crippen LogP contribution in [-0.4, -0.2) is 39.9 Å². The van der Waals surface area contributed by atoms with Crippen molar-refractivity contribution < 1.29 is 4.79 Å². The zero-order valence-electron chi connectivity index (χ0n) is 7.15. The highest BCUT2D eigenvalue weighted by atomic mass is 32.2. The van der Waals surface area contributed by atoms with Gasteiger partial charge in [-0.25, -0.2) is 4.98 Å². The number of carbonyl (C=O) groups is 1. The van der Waals surface area contributed by atoms with E-state index in [9.17, 15) is 4.79 Å². The van der Waals surface area contributed by atoms with Crippen LogP contribution in [0.2, 0.25) is 0 Å². The summed E-state index contributed by atoms with van der Waals surface area (Å²) in [7, 11) is 1.69. The van der Waals surface area contributed by atoms with Gasteiger partial charge >= 0.3 is 0 Å². The summed E-state index contributed by atoms with van der Waals surface area (Å²) >= 11 is 1.40. The van der Waals surface area contributed by atoms with Crippen LogP contribution < -0.4 is 11.1 Å². The molecule has 0 radical (unpaired) electrons. The number of thioether (sulfide) groups is 1. The number of primary amides is 1. The van der Waals surface area contributed by atoms with Gasteiger partial charge in [0.1, 0.15) is 6.33 Å². The highest BCUT2D eigenvalue weighted by Gasteiger charge is 2.13. The Morgan fingerprint density at radius 2 is 2.69 bits per heavy atom. The number of nitrogens with zero attached hydrogens (tertiary/aromatic N) is 2. The Morgan fingerprint density at radius 1 is 1.92 bits per heavy atom. The number of aromatic nitrogens is 3. The first-order chi connectivity index (χ1) is 6.24. The number of nitrogens with one attached hydrogen (secondary N) is 2. The molecule has 0 saturated heterocycles. The van der Waals surface area contributed by atoms with Gasteiger partial charge in [0, 0.05) is 5.75 Å². The molecule has 1 atom stereocenters. The Morgan fingerprint density at radius 3 is 3.15 bits per heavy atom. The normalized spacial score (nSPS) is 12.7. The maximum absolute atomic E-state index is 10.8. The van der Waals surface area contributed by atoms with Gasteiger partial charge in [-0.3, -0.25) is 9.89 Å². The van der Waals surface area contributed by atoms with Gasteiger partial charge in [0.05, 0.1) is 6.04 Å². The van der Waals surface area contributed by atoms with Crippen LogP contribution in [0.4, 0.5) is 0 Å². The highest BCUT2D eigenvalue weighted by molar-refractivity contribution is 7.99. The average Bonchev–Trinajstić information content (AvgIpc) is 2.57. The second kappa shape index (κ2) is 4.83. The summed E-state index contributed by atoms with van der Waals surface area (Å²) in [4.78, 5) is 14.7. The monoisotopic (exact) mass is 201 g/mol. The molecule has 4 N–H and O–H groups in total. The standard InChI is InChI=1S/C6H11N5OS/c1-8-4(5(7)12)2-13-6-9-3-10-11-6/h3-4,8H,2H2,1H3,(H2,7,12)(H,9,10,11). The van der Waals surface area contributed by atoms with Gasteiger partial charge in [0.2, 0.25) is 5.91 Å². The van der Waals surface area contributed by atoms with E-state index in [1.165, 1.54) is 18.1 Å². The summed E-state index contributed by atoms with van der Waals surface area (Å²) in [6.07, 6.45) is 1.42. The van der Waals surface area contributed by atoms with Crippen molar-refractivity contribution in [1.82, 2.24) is 20.5 Å². The molecule has 0 aliphatic carbocycles. The maximum atomic E-state index is 10.8. The Bertz CT molecular complexity index is 262. The van der Waals surface area contributed by atoms with E-state index in [1.807, 2.05) is 0 Å². The Labute approximate surface area is 79.7 Å². The van der Waals surface area contributed by atoms with E-state index >= 15 is 0 Å². The third-order valence-corrected chi connectivity index (χ3v) is 2.44. The third kappa shape index (κ3) is 3.03. The number of nitrogens with two attached hydrogens (primary N) is 1. The lowest BCUT2D eigenvalue weighted by Crippen LogP contribution is -2.41. The minimum atomic E-state index is -0.366. The lowest BCUT2D eigenvalue weighted by atomic mass is 10.3. The molecule has 13 heavy (non-hydrogen) atoms. The first-order valence-electron chi connectivity index (χ1n) is 3.68. The van der Waals surface area contributed by atoms with Gasteiger partial charge < -0.3 is 11.1 Å². The molecule has 0 aliphatic heterocycles. The van der Waals surface area contributed by atoms with Gasteiger partial charge in [-0.2, -0.15) is 5.10 Å². The summed E-state index contributed by atoms with van der Waals surface area (Å²) < 4.78 is 0. The number of hydrogen-bond donors (Lipinski definition) is 3. The van der Waals surface area contributed by atoms with E-state index < -0.39 is 0 Å². The van der Waals surface area contributed by atoms with Crippen LogP contribution in [0.15, 0.2) is 11.5 Å². The fraction of sp³-hybridized carbons (Fsp3) is 0.500. The number of hydrogen-bond acceptors (Lipinski definition) is 5. The quantitative estimate of drug-likeness (QED) is 0.529. The van der Waals surface area contributed by atoms with Gasteiger partial charge in [-0.15, -0.1) is 0 Å². The van der Waals surface area contributed by atoms with Crippen molar-refractivity contribution >= 4 is 17.7 Å². The van der Waals surface area contributed by atoms with Crippen molar-refractivity contribution in [3.05, 3.63) is 6.33 Å². The molecule has 1 amide bonds. The number of amides is 1. The van der Waals surface area contributed by atoms with E-state index in [0.717, 1.165) is 0 Å². The van der Waals surface area contributed by atoms with E-state index in [0.29, 0.717) is 10.9 Å². The van der Waals surface area contributed by atoms with Gasteiger partial charge in [0.25, 0.3) is 0 Å². The lowest BCUT2D eigenvalue weighted by Gasteiger charge is -2.09. The van der Waals surface area contributed by atoms with Crippen molar-refractivity contribution in [3.8, 4) is 0 Å². The molecular weight excluding hydrogens is 190 g/mol. The van der Waals surface area contributed by atoms with Gasteiger partial charge in [-0.05, 0) is 7.05 Å². The SMILES string of the molecule is CNC(CSc1ncn[nH]1)C(N)=O. The fourth-order valence-corrected chi connectivity index (χ4v) is 1.63. The summed E-state index contributed by atoms with van der Waals surface area (Å²) in [6.45, 7) is 0. The minimum absolute atomic E-state index is 0.338. The predicted molar refractivity (Wildman–Crippen MR) is 49.1 cm³/mol. The molecule has 1 aromatic rings. The van der Waals surface area contributed by atoms with Crippen molar-refractivity contribution in [1.29, 1.82) is 0 Å². The van der Waals surface area contributed by atoms with E-state index in [1.54, 1.807) is 7.05 Å². The van der Waals surface area contributed by atoms with Crippen molar-refractivity contribution in [2.45, 2.75) is 11.2 Å². The number of likely N-dealkylation sites (N-methyl/N-ethyl adjacent to an activating group) is 1. The van der Waals surface area contributed by atoms with Crippen LogP contribution in [0.1, 0.15) is 0 Å². The molecule has 1 unspecified atom stereocenters. The van der Waals surface area contributed by atoms with E-state index in [-0.39, 0.29) is 11.9 Å². The molecular formula is C6H11N5OS. The molecule has 0 aromatic carbocycles. The molecule has 6 nitrogen and oxygen atoms in total. The number of H-pyrrole nitrogens is 1. The van der Waals surface area contributed by atoms with Crippen molar-refractivity contribution in [2.24, 2.45) is 5.73 Å². The maximum Gasteiger partial charge on any atom is 0.235 e. The van der Waals surface area contributed by atoms with Gasteiger partial charge in [0.15, 0.2) is 5.16 Å². The molecule has 1 heterocycles. The molecule has 0 aliphatic rings. The van der Waals surface area contributed by atoms with Crippen LogP contribution in [0.3, 0.4) is 0 Å². The smallest absolute Gasteiger partial charge is 0.235 e. The Balaban J connectivity index is 2.36. The van der Waals surface area contributed by atoms with Crippen LogP contribution in [0.25, 0.3) is 0 Å². The first-order valence-corrected chi connectivity index (χ1v) is 4.67. The van der Waals surface area contributed by atoms with E-state index in [2.05, 4.69) is 20.5 Å². The van der Waals surface area contributed by atoms with Crippen molar-refractivity contribution in [3.63, 3.8) is 0 Å². The molecule has 0 spiro atoms. The number of carbonyl (C=O) groups excluding carboxylic acids is 1. The van der Waals surface area contributed by atoms with Crippen LogP contribution in [0, 0.1) is 0 Å². The number of aromatic amines is 1. The second-order valence-electron chi connectivity index (χ2n) is 2.35. The minimum Gasteiger partial charge on any atom is -0.368 e. The molecule has 72 valence electrons. The van der Waals surface area contributed by atoms with Crippen molar-refractivity contribution in [2.75, 3.05) is 12.8 Å². The second-order valence-corrected chi connectivity index (χ2v) is 3.35. The summed E-state index contributed by atoms with van der Waals surface area (Å²) in [5, 5.41) is 9.84. The van der Waals surface area contributed by atoms with Crippen LogP contribution in [0.5, 0.6) is 0 Å². The fourth-order valence-electron chi connectivity index (χ4n) is 0.734.